The maximum absolute atomic E-state index is 14.0. The zero-order valence-electron chi connectivity index (χ0n) is 22.7. The minimum Gasteiger partial charge on any atom is -0.481 e. The molecule has 1 aromatic carbocycles. The van der Waals surface area contributed by atoms with Gasteiger partial charge in [0.15, 0.2) is 0 Å². The molecule has 36 heavy (non-hydrogen) atoms. The quantitative estimate of drug-likeness (QED) is 0.417. The second-order valence-electron chi connectivity index (χ2n) is 11.8. The zero-order valence-corrected chi connectivity index (χ0v) is 23.6. The summed E-state index contributed by atoms with van der Waals surface area (Å²) in [7, 11) is 0. The van der Waals surface area contributed by atoms with E-state index in [0.717, 1.165) is 70.8 Å². The number of hydrogen-bond acceptors (Lipinski definition) is 6. The van der Waals surface area contributed by atoms with Gasteiger partial charge in [-0.2, -0.15) is 0 Å². The average molecular weight is 518 g/mol. The molecule has 0 aliphatic carbocycles. The fraction of sp³-hybridized carbons (Fsp3) is 0.571. The molecule has 2 aliphatic rings. The van der Waals surface area contributed by atoms with Gasteiger partial charge in [-0.25, -0.2) is 4.39 Å². The molecule has 0 saturated carbocycles. The Morgan fingerprint density at radius 1 is 1.19 bits per heavy atom. The largest absolute Gasteiger partial charge is 0.481 e. The van der Waals surface area contributed by atoms with Crippen molar-refractivity contribution in [2.24, 2.45) is 5.41 Å². The van der Waals surface area contributed by atoms with Crippen LogP contribution in [0.2, 0.25) is 0 Å². The molecule has 1 aromatic heterocycles. The Morgan fingerprint density at radius 3 is 2.28 bits per heavy atom. The molecule has 0 amide bonds. The Hall–Kier alpha value is -2.32. The molecule has 1 fully saturated rings. The number of aliphatic hydroxyl groups is 1. The number of piperidine rings is 1. The maximum atomic E-state index is 14.0. The fourth-order valence-corrected chi connectivity index (χ4v) is 5.42. The van der Waals surface area contributed by atoms with Gasteiger partial charge in [0, 0.05) is 29.9 Å². The number of fused-ring (bicyclic) bond motifs is 3. The molecule has 0 spiro atoms. The van der Waals surface area contributed by atoms with Gasteiger partial charge in [0.05, 0.1) is 35.6 Å². The van der Waals surface area contributed by atoms with Gasteiger partial charge in [0.2, 0.25) is 0 Å². The highest BCUT2D eigenvalue weighted by molar-refractivity contribution is 7.81. The Kier molecular flexibility index (Phi) is 8.01. The summed E-state index contributed by atoms with van der Waals surface area (Å²) in [6.07, 6.45) is 3.30. The van der Waals surface area contributed by atoms with Gasteiger partial charge >= 0.3 is 5.97 Å². The molecular weight excluding hydrogens is 477 g/mol. The number of benzene rings is 1. The molecule has 2 aliphatic heterocycles. The Balaban J connectivity index is 0.000000658. The summed E-state index contributed by atoms with van der Waals surface area (Å²) in [4.78, 5) is 18.6. The van der Waals surface area contributed by atoms with Crippen molar-refractivity contribution >= 4 is 30.2 Å². The highest BCUT2D eigenvalue weighted by Crippen LogP contribution is 2.52. The first-order valence-electron chi connectivity index (χ1n) is 12.5. The van der Waals surface area contributed by atoms with Crippen LogP contribution in [0.25, 0.3) is 11.3 Å². The maximum Gasteiger partial charge on any atom is 0.307 e. The number of carboxylic acid groups (broad SMARTS) is 1. The molecule has 0 radical (unpaired) electrons. The predicted molar refractivity (Wildman–Crippen MR) is 148 cm³/mol. The SMILES string of the molecule is CC(C)(C)O.Cc1c2c(c(C)c(CC(=O)O)c1N1CCC(C)(C)CC1)N(S)[C@@H](C)c1cc(F)cnc1-2. The molecule has 6 nitrogen and oxygen atoms in total. The third kappa shape index (κ3) is 5.97. The fourth-order valence-electron chi connectivity index (χ4n) is 5.05. The molecule has 4 rings (SSSR count). The molecule has 0 unspecified atom stereocenters. The van der Waals surface area contributed by atoms with Gasteiger partial charge in [-0.05, 0) is 82.6 Å². The van der Waals surface area contributed by atoms with Crippen molar-refractivity contribution in [3.05, 3.63) is 40.3 Å². The van der Waals surface area contributed by atoms with E-state index in [1.54, 1.807) is 20.8 Å². The monoisotopic (exact) mass is 517 g/mol. The van der Waals surface area contributed by atoms with Crippen molar-refractivity contribution in [2.45, 2.75) is 86.3 Å². The van der Waals surface area contributed by atoms with E-state index in [2.05, 4.69) is 23.7 Å². The standard InChI is InChI=1S/C24H30FN3O2S.C4H10O/c1-13-17(11-19(29)30)22(27-8-6-24(4,5)7-9-27)14(2)20-21-18(10-16(25)12-26-21)15(3)28(31)23(13)20;1-4(2,3)5/h10,12,15,31H,6-9,11H2,1-5H3,(H,29,30);5H,1-3H3/t15-;/m0./s1. The lowest BCUT2D eigenvalue weighted by molar-refractivity contribution is -0.136. The molecule has 2 aromatic rings. The van der Waals surface area contributed by atoms with E-state index >= 15 is 0 Å². The van der Waals surface area contributed by atoms with Gasteiger partial charge in [-0.3, -0.25) is 9.78 Å². The van der Waals surface area contributed by atoms with E-state index in [1.807, 2.05) is 25.1 Å². The molecule has 0 bridgehead atoms. The molecular formula is C28H40FN3O3S. The first-order chi connectivity index (χ1) is 16.5. The van der Waals surface area contributed by atoms with Gasteiger partial charge in [-0.15, -0.1) is 0 Å². The molecule has 3 heterocycles. The van der Waals surface area contributed by atoms with Crippen molar-refractivity contribution in [1.82, 2.24) is 4.98 Å². The number of hydrogen-bond donors (Lipinski definition) is 3. The lowest BCUT2D eigenvalue weighted by Gasteiger charge is -2.42. The summed E-state index contributed by atoms with van der Waals surface area (Å²) >= 11 is 4.76. The summed E-state index contributed by atoms with van der Waals surface area (Å²) in [5.41, 5.74) is 6.85. The third-order valence-electron chi connectivity index (χ3n) is 6.99. The smallest absolute Gasteiger partial charge is 0.307 e. The number of thiol groups is 1. The number of nitrogens with zero attached hydrogens (tertiary/aromatic N) is 3. The van der Waals surface area contributed by atoms with Gasteiger partial charge in [-0.1, -0.05) is 26.7 Å². The molecule has 8 heteroatoms. The average Bonchev–Trinajstić information content (AvgIpc) is 2.74. The van der Waals surface area contributed by atoms with E-state index in [1.165, 1.54) is 12.3 Å². The van der Waals surface area contributed by atoms with Crippen LogP contribution in [0.5, 0.6) is 0 Å². The minimum absolute atomic E-state index is 0.0467. The molecule has 1 atom stereocenters. The Morgan fingerprint density at radius 2 is 1.75 bits per heavy atom. The minimum atomic E-state index is -0.851. The number of rotatable bonds is 3. The van der Waals surface area contributed by atoms with E-state index in [4.69, 9.17) is 17.9 Å². The summed E-state index contributed by atoms with van der Waals surface area (Å²) < 4.78 is 15.9. The summed E-state index contributed by atoms with van der Waals surface area (Å²) in [6.45, 7) is 17.5. The van der Waals surface area contributed by atoms with Crippen LogP contribution in [0.4, 0.5) is 15.8 Å². The Labute approximate surface area is 220 Å². The number of anilines is 2. The van der Waals surface area contributed by atoms with Gasteiger partial charge in [0.25, 0.3) is 0 Å². The van der Waals surface area contributed by atoms with E-state index in [9.17, 15) is 14.3 Å². The van der Waals surface area contributed by atoms with E-state index < -0.39 is 11.6 Å². The number of carbonyl (C=O) groups is 1. The first-order valence-corrected chi connectivity index (χ1v) is 12.9. The number of aromatic nitrogens is 1. The lowest BCUT2D eigenvalue weighted by Crippen LogP contribution is -2.39. The highest BCUT2D eigenvalue weighted by Gasteiger charge is 2.36. The Bertz CT molecular complexity index is 1140. The number of carboxylic acids is 1. The van der Waals surface area contributed by atoms with Crippen LogP contribution in [0.1, 0.15) is 82.7 Å². The summed E-state index contributed by atoms with van der Waals surface area (Å²) in [5, 5.41) is 18.2. The van der Waals surface area contributed by atoms with Crippen molar-refractivity contribution < 1.29 is 19.4 Å². The summed E-state index contributed by atoms with van der Waals surface area (Å²) in [6, 6.07) is 1.34. The van der Waals surface area contributed by atoms with Crippen LogP contribution >= 0.6 is 12.8 Å². The second kappa shape index (κ2) is 10.2. The van der Waals surface area contributed by atoms with Crippen LogP contribution in [0, 0.1) is 25.1 Å². The van der Waals surface area contributed by atoms with E-state index in [-0.39, 0.29) is 23.7 Å². The number of aliphatic carboxylic acids is 1. The van der Waals surface area contributed by atoms with Gasteiger partial charge < -0.3 is 19.4 Å². The second-order valence-corrected chi connectivity index (χ2v) is 12.2. The van der Waals surface area contributed by atoms with E-state index in [0.29, 0.717) is 0 Å². The van der Waals surface area contributed by atoms with Crippen LogP contribution in [0.3, 0.4) is 0 Å². The van der Waals surface area contributed by atoms with Gasteiger partial charge in [0.1, 0.15) is 5.82 Å². The molecule has 1 saturated heterocycles. The number of halogens is 1. The first kappa shape index (κ1) is 28.3. The zero-order chi connectivity index (χ0) is 27.2. The summed E-state index contributed by atoms with van der Waals surface area (Å²) in [5.74, 6) is -1.22. The number of pyridine rings is 1. The van der Waals surface area contributed by atoms with Crippen molar-refractivity contribution in [1.29, 1.82) is 0 Å². The highest BCUT2D eigenvalue weighted by atomic mass is 32.1. The van der Waals surface area contributed by atoms with Crippen LogP contribution in [-0.4, -0.2) is 39.9 Å². The third-order valence-corrected chi connectivity index (χ3v) is 7.54. The predicted octanol–water partition coefficient (Wildman–Crippen LogP) is 6.26. The van der Waals surface area contributed by atoms with Crippen molar-refractivity contribution in [3.63, 3.8) is 0 Å². The van der Waals surface area contributed by atoms with Crippen LogP contribution in [-0.2, 0) is 11.2 Å². The topological polar surface area (TPSA) is 76.9 Å². The van der Waals surface area contributed by atoms with Crippen molar-refractivity contribution in [2.75, 3.05) is 22.3 Å². The lowest BCUT2D eigenvalue weighted by atomic mass is 9.81. The van der Waals surface area contributed by atoms with Crippen molar-refractivity contribution in [3.8, 4) is 11.3 Å². The molecule has 2 N–H and O–H groups in total. The normalized spacial score (nSPS) is 18.7. The van der Waals surface area contributed by atoms with Crippen LogP contribution in [0.15, 0.2) is 12.3 Å². The molecule has 198 valence electrons. The van der Waals surface area contributed by atoms with Crippen LogP contribution < -0.4 is 9.21 Å².